The van der Waals surface area contributed by atoms with Crippen LogP contribution in [0.25, 0.3) is 0 Å². The van der Waals surface area contributed by atoms with E-state index in [4.69, 9.17) is 4.74 Å². The van der Waals surface area contributed by atoms with Gasteiger partial charge in [-0.3, -0.25) is 4.79 Å². The summed E-state index contributed by atoms with van der Waals surface area (Å²) in [6, 6.07) is 12.7. The van der Waals surface area contributed by atoms with Crippen LogP contribution in [0, 0.1) is 0 Å². The molecule has 1 aromatic carbocycles. The molecule has 3 rings (SSSR count). The van der Waals surface area contributed by atoms with Crippen molar-refractivity contribution in [1.29, 1.82) is 0 Å². The molecule has 8 heteroatoms. The van der Waals surface area contributed by atoms with Gasteiger partial charge in [0.2, 0.25) is 5.91 Å². The minimum Gasteiger partial charge on any atom is -0.493 e. The number of benzene rings is 1. The SMILES string of the molecule is O=C(CCOc1ccccc1)N1CCN(S(=O)(=O)c2cccs2)CC1. The van der Waals surface area contributed by atoms with E-state index in [0.29, 0.717) is 37.0 Å². The van der Waals surface area contributed by atoms with Crippen molar-refractivity contribution in [3.05, 3.63) is 47.8 Å². The largest absolute Gasteiger partial charge is 0.493 e. The van der Waals surface area contributed by atoms with Gasteiger partial charge in [0.05, 0.1) is 13.0 Å². The summed E-state index contributed by atoms with van der Waals surface area (Å²) < 4.78 is 32.3. The zero-order chi connectivity index (χ0) is 17.7. The van der Waals surface area contributed by atoms with Gasteiger partial charge >= 0.3 is 0 Å². The van der Waals surface area contributed by atoms with Crippen LogP contribution in [0.4, 0.5) is 0 Å². The van der Waals surface area contributed by atoms with Gasteiger partial charge in [-0.1, -0.05) is 24.3 Å². The minimum absolute atomic E-state index is 0.0101. The van der Waals surface area contributed by atoms with Gasteiger partial charge in [0.1, 0.15) is 9.96 Å². The van der Waals surface area contributed by atoms with Crippen LogP contribution in [0.5, 0.6) is 5.75 Å². The number of carbonyl (C=O) groups is 1. The van der Waals surface area contributed by atoms with Crippen LogP contribution in [0.3, 0.4) is 0 Å². The predicted molar refractivity (Wildman–Crippen MR) is 96.2 cm³/mol. The summed E-state index contributed by atoms with van der Waals surface area (Å²) in [6.07, 6.45) is 0.284. The smallest absolute Gasteiger partial charge is 0.252 e. The molecular weight excluding hydrogens is 360 g/mol. The van der Waals surface area contributed by atoms with Crippen LogP contribution in [0.1, 0.15) is 6.42 Å². The highest BCUT2D eigenvalue weighted by Crippen LogP contribution is 2.22. The Hall–Kier alpha value is -1.90. The number of hydrogen-bond acceptors (Lipinski definition) is 5. The average molecular weight is 380 g/mol. The van der Waals surface area contributed by atoms with Crippen LogP contribution in [-0.4, -0.2) is 56.3 Å². The van der Waals surface area contributed by atoms with Crippen LogP contribution < -0.4 is 4.74 Å². The second-order valence-corrected chi connectivity index (χ2v) is 8.74. The molecule has 2 heterocycles. The summed E-state index contributed by atoms with van der Waals surface area (Å²) in [6.45, 7) is 1.79. The Kier molecular flexibility index (Phi) is 5.72. The monoisotopic (exact) mass is 380 g/mol. The number of amides is 1. The van der Waals surface area contributed by atoms with E-state index < -0.39 is 10.0 Å². The van der Waals surface area contributed by atoms with Crippen LogP contribution in [-0.2, 0) is 14.8 Å². The lowest BCUT2D eigenvalue weighted by atomic mass is 10.3. The van der Waals surface area contributed by atoms with Gasteiger partial charge in [-0.15, -0.1) is 11.3 Å². The van der Waals surface area contributed by atoms with Crippen molar-refractivity contribution < 1.29 is 17.9 Å². The fourth-order valence-electron chi connectivity index (χ4n) is 2.65. The zero-order valence-corrected chi connectivity index (χ0v) is 15.3. The first-order valence-electron chi connectivity index (χ1n) is 8.06. The second-order valence-electron chi connectivity index (χ2n) is 5.63. The van der Waals surface area contributed by atoms with Gasteiger partial charge in [-0.25, -0.2) is 8.42 Å². The highest BCUT2D eigenvalue weighted by Gasteiger charge is 2.30. The highest BCUT2D eigenvalue weighted by molar-refractivity contribution is 7.91. The summed E-state index contributed by atoms with van der Waals surface area (Å²) in [4.78, 5) is 14.0. The molecule has 6 nitrogen and oxygen atoms in total. The molecule has 1 fully saturated rings. The van der Waals surface area contributed by atoms with Gasteiger partial charge in [0.15, 0.2) is 0 Å². The fraction of sp³-hybridized carbons (Fsp3) is 0.353. The van der Waals surface area contributed by atoms with Crippen molar-refractivity contribution in [3.63, 3.8) is 0 Å². The van der Waals surface area contributed by atoms with Crippen LogP contribution in [0.15, 0.2) is 52.1 Å². The molecule has 134 valence electrons. The molecule has 1 aliphatic heterocycles. The average Bonchev–Trinajstić information content (AvgIpc) is 3.18. The van der Waals surface area contributed by atoms with Gasteiger partial charge in [0.25, 0.3) is 10.0 Å². The lowest BCUT2D eigenvalue weighted by Crippen LogP contribution is -2.50. The molecule has 0 atom stereocenters. The van der Waals surface area contributed by atoms with Crippen molar-refractivity contribution in [1.82, 2.24) is 9.21 Å². The third-order valence-corrected chi connectivity index (χ3v) is 7.28. The molecule has 2 aromatic rings. The zero-order valence-electron chi connectivity index (χ0n) is 13.7. The van der Waals surface area contributed by atoms with Gasteiger partial charge in [-0.05, 0) is 23.6 Å². The topological polar surface area (TPSA) is 66.9 Å². The van der Waals surface area contributed by atoms with E-state index in [0.717, 1.165) is 5.75 Å². The summed E-state index contributed by atoms with van der Waals surface area (Å²) in [7, 11) is -3.43. The number of carbonyl (C=O) groups excluding carboxylic acids is 1. The van der Waals surface area contributed by atoms with Crippen molar-refractivity contribution in [3.8, 4) is 5.75 Å². The molecule has 1 saturated heterocycles. The first-order valence-corrected chi connectivity index (χ1v) is 10.4. The van der Waals surface area contributed by atoms with Crippen molar-refractivity contribution in [2.75, 3.05) is 32.8 Å². The Labute approximate surface area is 151 Å². The van der Waals surface area contributed by atoms with E-state index in [1.807, 2.05) is 30.3 Å². The second kappa shape index (κ2) is 7.99. The first kappa shape index (κ1) is 17.9. The molecule has 25 heavy (non-hydrogen) atoms. The summed E-state index contributed by atoms with van der Waals surface area (Å²) in [5.41, 5.74) is 0. The van der Waals surface area contributed by atoms with E-state index in [9.17, 15) is 13.2 Å². The minimum atomic E-state index is -3.43. The molecule has 1 amide bonds. The van der Waals surface area contributed by atoms with Gasteiger partial charge in [0, 0.05) is 26.2 Å². The lowest BCUT2D eigenvalue weighted by Gasteiger charge is -2.33. The Balaban J connectivity index is 1.46. The molecule has 0 radical (unpaired) electrons. The summed E-state index contributed by atoms with van der Waals surface area (Å²) >= 11 is 1.21. The predicted octanol–water partition coefficient (Wildman–Crippen LogP) is 2.05. The standard InChI is InChI=1S/C17H20N2O4S2/c20-16(8-13-23-15-5-2-1-3-6-15)18-9-11-19(12-10-18)25(21,22)17-7-4-14-24-17/h1-7,14H,8-13H2. The van der Waals surface area contributed by atoms with Crippen molar-refractivity contribution in [2.24, 2.45) is 0 Å². The maximum Gasteiger partial charge on any atom is 0.252 e. The third-order valence-electron chi connectivity index (χ3n) is 4.01. The van der Waals surface area contributed by atoms with Crippen LogP contribution >= 0.6 is 11.3 Å². The molecule has 0 spiro atoms. The summed E-state index contributed by atoms with van der Waals surface area (Å²) in [5, 5.41) is 1.75. The quantitative estimate of drug-likeness (QED) is 0.769. The van der Waals surface area contributed by atoms with E-state index in [-0.39, 0.29) is 12.3 Å². The fourth-order valence-corrected chi connectivity index (χ4v) is 5.21. The normalized spacial score (nSPS) is 15.9. The molecule has 0 saturated carbocycles. The van der Waals surface area contributed by atoms with E-state index >= 15 is 0 Å². The highest BCUT2D eigenvalue weighted by atomic mass is 32.2. The molecule has 1 aliphatic rings. The van der Waals surface area contributed by atoms with E-state index in [2.05, 4.69) is 0 Å². The number of sulfonamides is 1. The Morgan fingerprint density at radius 2 is 1.76 bits per heavy atom. The Bertz CT molecular complexity index is 783. The summed E-state index contributed by atoms with van der Waals surface area (Å²) in [5.74, 6) is 0.728. The number of thiophene rings is 1. The van der Waals surface area contributed by atoms with Crippen molar-refractivity contribution in [2.45, 2.75) is 10.6 Å². The lowest BCUT2D eigenvalue weighted by molar-refractivity contribution is -0.132. The first-order chi connectivity index (χ1) is 12.1. The van der Waals surface area contributed by atoms with Crippen LogP contribution in [0.2, 0.25) is 0 Å². The number of piperazine rings is 1. The number of nitrogens with zero attached hydrogens (tertiary/aromatic N) is 2. The number of rotatable bonds is 6. The van der Waals surface area contributed by atoms with Crippen molar-refractivity contribution >= 4 is 27.3 Å². The maximum absolute atomic E-state index is 12.5. The van der Waals surface area contributed by atoms with Gasteiger partial charge < -0.3 is 9.64 Å². The number of para-hydroxylation sites is 1. The maximum atomic E-state index is 12.5. The third kappa shape index (κ3) is 4.39. The van der Waals surface area contributed by atoms with E-state index in [1.54, 1.807) is 22.4 Å². The Morgan fingerprint density at radius 1 is 1.04 bits per heavy atom. The van der Waals surface area contributed by atoms with E-state index in [1.165, 1.54) is 15.6 Å². The molecule has 0 bridgehead atoms. The van der Waals surface area contributed by atoms with Gasteiger partial charge in [-0.2, -0.15) is 4.31 Å². The molecule has 1 aromatic heterocycles. The number of ether oxygens (including phenoxy) is 1. The molecular formula is C17H20N2O4S2. The molecule has 0 aliphatic carbocycles. The Morgan fingerprint density at radius 3 is 2.40 bits per heavy atom. The molecule has 0 N–H and O–H groups in total. The molecule has 0 unspecified atom stereocenters. The number of hydrogen-bond donors (Lipinski definition) is 0.